The van der Waals surface area contributed by atoms with Crippen LogP contribution in [0.3, 0.4) is 0 Å². The van der Waals surface area contributed by atoms with Gasteiger partial charge in [-0.15, -0.1) is 0 Å². The molecule has 1 amide bonds. The Hall–Kier alpha value is -2.88. The van der Waals surface area contributed by atoms with E-state index < -0.39 is 10.0 Å². The first-order valence-corrected chi connectivity index (χ1v) is 11.4. The molecule has 2 aromatic rings. The molecule has 2 N–H and O–H groups in total. The Bertz CT molecular complexity index is 1030. The number of sulfonamides is 1. The van der Waals surface area contributed by atoms with Crippen molar-refractivity contribution >= 4 is 21.6 Å². The number of nitrogens with one attached hydrogen (secondary N) is 2. The fraction of sp³-hybridized carbons (Fsp3) is 0.318. The fourth-order valence-corrected chi connectivity index (χ4v) is 4.68. The molecule has 166 valence electrons. The van der Waals surface area contributed by atoms with Crippen LogP contribution in [0.5, 0.6) is 5.75 Å². The number of carbonyl (C=O) groups is 1. The summed E-state index contributed by atoms with van der Waals surface area (Å²) in [6.07, 6.45) is 0. The Morgan fingerprint density at radius 3 is 2.39 bits per heavy atom. The van der Waals surface area contributed by atoms with Crippen LogP contribution in [-0.4, -0.2) is 63.4 Å². The topological polar surface area (TPSA) is 91.0 Å². The predicted molar refractivity (Wildman–Crippen MR) is 120 cm³/mol. The summed E-state index contributed by atoms with van der Waals surface area (Å²) in [4.78, 5) is 14.5. The molecule has 0 aliphatic carbocycles. The van der Waals surface area contributed by atoms with E-state index in [9.17, 15) is 13.2 Å². The van der Waals surface area contributed by atoms with Crippen LogP contribution in [0.15, 0.2) is 60.0 Å². The lowest BCUT2D eigenvalue weighted by Gasteiger charge is -2.33. The number of hydrazine groups is 1. The second kappa shape index (κ2) is 9.95. The third kappa shape index (κ3) is 5.84. The minimum atomic E-state index is -3.52. The Labute approximate surface area is 183 Å². The van der Waals surface area contributed by atoms with Crippen LogP contribution in [0.4, 0.5) is 0 Å². The lowest BCUT2D eigenvalue weighted by atomic mass is 10.2. The van der Waals surface area contributed by atoms with Gasteiger partial charge in [0.2, 0.25) is 10.0 Å². The summed E-state index contributed by atoms with van der Waals surface area (Å²) in [6, 6.07) is 14.2. The van der Waals surface area contributed by atoms with Gasteiger partial charge in [0.05, 0.1) is 24.2 Å². The number of rotatable bonds is 8. The molecule has 31 heavy (non-hydrogen) atoms. The normalized spacial score (nSPS) is 15.3. The van der Waals surface area contributed by atoms with Crippen LogP contribution in [-0.2, 0) is 14.8 Å². The molecule has 1 fully saturated rings. The summed E-state index contributed by atoms with van der Waals surface area (Å²) >= 11 is 0. The molecule has 9 heteroatoms. The van der Waals surface area contributed by atoms with Crippen molar-refractivity contribution in [3.8, 4) is 5.75 Å². The first kappa shape index (κ1) is 22.8. The average Bonchev–Trinajstić information content (AvgIpc) is 2.78. The number of amides is 1. The summed E-state index contributed by atoms with van der Waals surface area (Å²) in [5, 5.41) is 0. The van der Waals surface area contributed by atoms with Crippen LogP contribution in [0.25, 0.3) is 5.70 Å². The first-order valence-electron chi connectivity index (χ1n) is 9.97. The molecule has 1 heterocycles. The summed E-state index contributed by atoms with van der Waals surface area (Å²) in [7, 11) is -1.93. The number of methoxy groups -OCH3 is 1. The largest absolute Gasteiger partial charge is 0.497 e. The van der Waals surface area contributed by atoms with Gasteiger partial charge in [0.15, 0.2) is 0 Å². The molecule has 2 aromatic carbocycles. The highest BCUT2D eigenvalue weighted by Crippen LogP contribution is 2.18. The Kier molecular flexibility index (Phi) is 7.32. The smallest absolute Gasteiger partial charge is 0.252 e. The molecule has 1 saturated heterocycles. The van der Waals surface area contributed by atoms with Crippen LogP contribution < -0.4 is 15.6 Å². The van der Waals surface area contributed by atoms with Crippen molar-refractivity contribution in [2.75, 3.05) is 39.8 Å². The molecule has 3 rings (SSSR count). The molecule has 0 saturated carbocycles. The average molecular weight is 445 g/mol. The standard InChI is InChI=1S/C22H28N4O4S/c1-17-7-9-21(10-8-17)31(28,29)26-13-11-25(12-14-26)16-22(27)24-23-18(2)19-5-4-6-20(15-19)30-3/h4-10,15,23H,2,11-14,16H2,1,3H3,(H,24,27). The van der Waals surface area contributed by atoms with E-state index in [1.807, 2.05) is 36.1 Å². The summed E-state index contributed by atoms with van der Waals surface area (Å²) in [5.74, 6) is 0.476. The first-order chi connectivity index (χ1) is 14.8. The van der Waals surface area contributed by atoms with Gasteiger partial charge in [-0.1, -0.05) is 36.4 Å². The number of benzene rings is 2. The van der Waals surface area contributed by atoms with Gasteiger partial charge in [0.25, 0.3) is 5.91 Å². The van der Waals surface area contributed by atoms with Gasteiger partial charge in [-0.3, -0.25) is 20.5 Å². The summed E-state index contributed by atoms with van der Waals surface area (Å²) < 4.78 is 32.2. The van der Waals surface area contributed by atoms with Gasteiger partial charge in [0, 0.05) is 31.7 Å². The SMILES string of the molecule is C=C(NNC(=O)CN1CCN(S(=O)(=O)c2ccc(C)cc2)CC1)c1cccc(OC)c1. The quantitative estimate of drug-likeness (QED) is 0.601. The molecule has 1 aliphatic heterocycles. The van der Waals surface area contributed by atoms with Gasteiger partial charge in [-0.2, -0.15) is 4.31 Å². The van der Waals surface area contributed by atoms with E-state index in [2.05, 4.69) is 17.4 Å². The zero-order chi connectivity index (χ0) is 22.4. The highest BCUT2D eigenvalue weighted by Gasteiger charge is 2.28. The van der Waals surface area contributed by atoms with E-state index in [1.54, 1.807) is 31.4 Å². The lowest BCUT2D eigenvalue weighted by Crippen LogP contribution is -2.52. The Morgan fingerprint density at radius 1 is 1.06 bits per heavy atom. The van der Waals surface area contributed by atoms with Crippen molar-refractivity contribution < 1.29 is 17.9 Å². The third-order valence-electron chi connectivity index (χ3n) is 5.13. The molecule has 0 spiro atoms. The summed E-state index contributed by atoms with van der Waals surface area (Å²) in [6.45, 7) is 7.65. The fourth-order valence-electron chi connectivity index (χ4n) is 3.26. The Balaban J connectivity index is 1.46. The zero-order valence-electron chi connectivity index (χ0n) is 17.8. The highest BCUT2D eigenvalue weighted by molar-refractivity contribution is 7.89. The van der Waals surface area contributed by atoms with Gasteiger partial charge >= 0.3 is 0 Å². The van der Waals surface area contributed by atoms with Crippen molar-refractivity contribution in [3.63, 3.8) is 0 Å². The number of carbonyl (C=O) groups excluding carboxylic acids is 1. The van der Waals surface area contributed by atoms with Crippen LogP contribution in [0.1, 0.15) is 11.1 Å². The van der Waals surface area contributed by atoms with Crippen molar-refractivity contribution in [2.45, 2.75) is 11.8 Å². The molecule has 8 nitrogen and oxygen atoms in total. The molecular weight excluding hydrogens is 416 g/mol. The molecule has 0 radical (unpaired) electrons. The third-order valence-corrected chi connectivity index (χ3v) is 7.04. The number of hydrogen-bond acceptors (Lipinski definition) is 6. The van der Waals surface area contributed by atoms with Crippen molar-refractivity contribution in [1.82, 2.24) is 20.1 Å². The van der Waals surface area contributed by atoms with Crippen LogP contribution in [0.2, 0.25) is 0 Å². The maximum absolute atomic E-state index is 12.8. The van der Waals surface area contributed by atoms with Gasteiger partial charge in [-0.25, -0.2) is 8.42 Å². The number of nitrogens with zero attached hydrogens (tertiary/aromatic N) is 2. The van der Waals surface area contributed by atoms with Crippen LogP contribution in [0, 0.1) is 6.92 Å². The maximum Gasteiger partial charge on any atom is 0.252 e. The minimum absolute atomic E-state index is 0.164. The van der Waals surface area contributed by atoms with Gasteiger partial charge in [-0.05, 0) is 31.2 Å². The van der Waals surface area contributed by atoms with Gasteiger partial charge in [0.1, 0.15) is 5.75 Å². The second-order valence-corrected chi connectivity index (χ2v) is 9.31. The zero-order valence-corrected chi connectivity index (χ0v) is 18.6. The van der Waals surface area contributed by atoms with Crippen molar-refractivity contribution in [2.24, 2.45) is 0 Å². The van der Waals surface area contributed by atoms with Gasteiger partial charge < -0.3 is 4.74 Å². The number of ether oxygens (including phenoxy) is 1. The molecule has 1 aliphatic rings. The molecule has 0 unspecified atom stereocenters. The second-order valence-electron chi connectivity index (χ2n) is 7.38. The Morgan fingerprint density at radius 2 is 1.74 bits per heavy atom. The number of hydrogen-bond donors (Lipinski definition) is 2. The minimum Gasteiger partial charge on any atom is -0.497 e. The van der Waals surface area contributed by atoms with E-state index in [0.717, 1.165) is 11.1 Å². The highest BCUT2D eigenvalue weighted by atomic mass is 32.2. The van der Waals surface area contributed by atoms with Crippen molar-refractivity contribution in [3.05, 3.63) is 66.2 Å². The van der Waals surface area contributed by atoms with Crippen LogP contribution >= 0.6 is 0 Å². The van der Waals surface area contributed by atoms with E-state index >= 15 is 0 Å². The predicted octanol–water partition coefficient (Wildman–Crippen LogP) is 1.60. The molecular formula is C22H28N4O4S. The van der Waals surface area contributed by atoms with E-state index in [0.29, 0.717) is 42.5 Å². The molecule has 0 aromatic heterocycles. The number of aryl methyl sites for hydroxylation is 1. The number of piperazine rings is 1. The van der Waals surface area contributed by atoms with Crippen molar-refractivity contribution in [1.29, 1.82) is 0 Å². The summed E-state index contributed by atoms with van der Waals surface area (Å²) in [5.41, 5.74) is 7.81. The van der Waals surface area contributed by atoms with E-state index in [4.69, 9.17) is 4.74 Å². The molecule has 0 bridgehead atoms. The maximum atomic E-state index is 12.8. The van der Waals surface area contributed by atoms with E-state index in [-0.39, 0.29) is 12.5 Å². The lowest BCUT2D eigenvalue weighted by molar-refractivity contribution is -0.123. The molecule has 0 atom stereocenters. The monoisotopic (exact) mass is 444 g/mol. The van der Waals surface area contributed by atoms with E-state index in [1.165, 1.54) is 4.31 Å².